The SMILES string of the molecule is CC(Cc1ccco1)NC(=O)c1ccc(NC(=O)N2Cc3ccc(F)cc3C2)cc1. The molecule has 3 amide bonds. The third-order valence-corrected chi connectivity index (χ3v) is 5.04. The molecular formula is C23H22FN3O3. The van der Waals surface area contributed by atoms with E-state index in [1.54, 1.807) is 41.5 Å². The van der Waals surface area contributed by atoms with E-state index in [2.05, 4.69) is 10.6 Å². The van der Waals surface area contributed by atoms with Crippen molar-refractivity contribution in [1.29, 1.82) is 0 Å². The quantitative estimate of drug-likeness (QED) is 0.661. The van der Waals surface area contributed by atoms with Crippen molar-refractivity contribution in [2.45, 2.75) is 32.5 Å². The Morgan fingerprint density at radius 1 is 1.10 bits per heavy atom. The number of rotatable bonds is 5. The standard InChI is InChI=1S/C23H22FN3O3/c1-15(11-21-3-2-10-30-21)25-22(28)16-5-8-20(9-6-16)26-23(29)27-13-17-4-7-19(24)12-18(17)14-27/h2-10,12,15H,11,13-14H2,1H3,(H,25,28)(H,26,29). The minimum atomic E-state index is -0.302. The number of halogens is 1. The molecule has 0 aliphatic carbocycles. The summed E-state index contributed by atoms with van der Waals surface area (Å²) in [7, 11) is 0. The number of anilines is 1. The molecule has 1 aromatic heterocycles. The fourth-order valence-electron chi connectivity index (χ4n) is 3.50. The van der Waals surface area contributed by atoms with Crippen molar-refractivity contribution in [3.8, 4) is 0 Å². The maximum Gasteiger partial charge on any atom is 0.322 e. The van der Waals surface area contributed by atoms with Crippen LogP contribution in [-0.4, -0.2) is 22.9 Å². The summed E-state index contributed by atoms with van der Waals surface area (Å²) in [6.07, 6.45) is 2.21. The van der Waals surface area contributed by atoms with Crippen molar-refractivity contribution in [2.75, 3.05) is 5.32 Å². The summed E-state index contributed by atoms with van der Waals surface area (Å²) in [6.45, 7) is 2.72. The molecule has 0 saturated heterocycles. The van der Waals surface area contributed by atoms with Gasteiger partial charge in [-0.05, 0) is 66.6 Å². The monoisotopic (exact) mass is 407 g/mol. The number of amides is 3. The summed E-state index contributed by atoms with van der Waals surface area (Å²) in [5, 5.41) is 5.75. The van der Waals surface area contributed by atoms with Crippen LogP contribution in [0, 0.1) is 5.82 Å². The molecule has 1 aliphatic heterocycles. The smallest absolute Gasteiger partial charge is 0.322 e. The normalized spacial score (nSPS) is 13.6. The van der Waals surface area contributed by atoms with Gasteiger partial charge in [0.05, 0.1) is 6.26 Å². The molecule has 4 rings (SSSR count). The second kappa shape index (κ2) is 8.41. The topological polar surface area (TPSA) is 74.6 Å². The average Bonchev–Trinajstić information content (AvgIpc) is 3.37. The van der Waals surface area contributed by atoms with E-state index in [-0.39, 0.29) is 23.8 Å². The largest absolute Gasteiger partial charge is 0.469 e. The number of furan rings is 1. The lowest BCUT2D eigenvalue weighted by atomic mass is 10.1. The predicted octanol–water partition coefficient (Wildman–Crippen LogP) is 4.33. The van der Waals surface area contributed by atoms with Crippen LogP contribution in [0.15, 0.2) is 65.3 Å². The first kappa shape index (κ1) is 19.7. The van der Waals surface area contributed by atoms with Crippen molar-refractivity contribution in [2.24, 2.45) is 0 Å². The second-order valence-electron chi connectivity index (χ2n) is 7.43. The van der Waals surface area contributed by atoms with Gasteiger partial charge in [0.25, 0.3) is 5.91 Å². The molecule has 0 bridgehead atoms. The van der Waals surface area contributed by atoms with Gasteiger partial charge in [0, 0.05) is 36.8 Å². The number of carbonyl (C=O) groups excluding carboxylic acids is 2. The van der Waals surface area contributed by atoms with Crippen LogP contribution in [-0.2, 0) is 19.5 Å². The van der Waals surface area contributed by atoms with E-state index >= 15 is 0 Å². The molecule has 0 spiro atoms. The summed E-state index contributed by atoms with van der Waals surface area (Å²) in [6, 6.07) is 14.6. The molecule has 3 aromatic rings. The highest BCUT2D eigenvalue weighted by Gasteiger charge is 2.23. The van der Waals surface area contributed by atoms with E-state index in [1.165, 1.54) is 12.1 Å². The Labute approximate surface area is 173 Å². The zero-order chi connectivity index (χ0) is 21.1. The lowest BCUT2D eigenvalue weighted by Crippen LogP contribution is -2.34. The highest BCUT2D eigenvalue weighted by molar-refractivity contribution is 5.95. The molecular weight excluding hydrogens is 385 g/mol. The van der Waals surface area contributed by atoms with Gasteiger partial charge in [-0.3, -0.25) is 4.79 Å². The maximum absolute atomic E-state index is 13.4. The van der Waals surface area contributed by atoms with Crippen LogP contribution in [0.5, 0.6) is 0 Å². The molecule has 0 saturated carbocycles. The van der Waals surface area contributed by atoms with Crippen LogP contribution in [0.25, 0.3) is 0 Å². The minimum absolute atomic E-state index is 0.0790. The highest BCUT2D eigenvalue weighted by Crippen LogP contribution is 2.24. The number of nitrogens with one attached hydrogen (secondary N) is 2. The van der Waals surface area contributed by atoms with Crippen LogP contribution in [0.1, 0.15) is 34.2 Å². The molecule has 0 radical (unpaired) electrons. The number of carbonyl (C=O) groups is 2. The van der Waals surface area contributed by atoms with Gasteiger partial charge in [-0.25, -0.2) is 9.18 Å². The first-order valence-corrected chi connectivity index (χ1v) is 9.74. The first-order valence-electron chi connectivity index (χ1n) is 9.74. The molecule has 2 N–H and O–H groups in total. The zero-order valence-electron chi connectivity index (χ0n) is 16.5. The van der Waals surface area contributed by atoms with E-state index in [9.17, 15) is 14.0 Å². The maximum atomic E-state index is 13.4. The van der Waals surface area contributed by atoms with Gasteiger partial charge < -0.3 is 20.0 Å². The van der Waals surface area contributed by atoms with Gasteiger partial charge in [0.1, 0.15) is 11.6 Å². The van der Waals surface area contributed by atoms with Crippen molar-refractivity contribution in [3.63, 3.8) is 0 Å². The Hall–Kier alpha value is -3.61. The van der Waals surface area contributed by atoms with Crippen molar-refractivity contribution < 1.29 is 18.4 Å². The Balaban J connectivity index is 1.31. The fourth-order valence-corrected chi connectivity index (χ4v) is 3.50. The first-order chi connectivity index (χ1) is 14.5. The van der Waals surface area contributed by atoms with Crippen molar-refractivity contribution >= 4 is 17.6 Å². The lowest BCUT2D eigenvalue weighted by Gasteiger charge is -2.17. The fraction of sp³-hybridized carbons (Fsp3) is 0.217. The van der Waals surface area contributed by atoms with Crippen LogP contribution in [0.2, 0.25) is 0 Å². The Kier molecular flexibility index (Phi) is 5.52. The van der Waals surface area contributed by atoms with E-state index in [0.29, 0.717) is 30.8 Å². The Bertz CT molecular complexity index is 1050. The van der Waals surface area contributed by atoms with E-state index in [1.807, 2.05) is 19.1 Å². The van der Waals surface area contributed by atoms with E-state index < -0.39 is 0 Å². The van der Waals surface area contributed by atoms with E-state index in [0.717, 1.165) is 16.9 Å². The van der Waals surface area contributed by atoms with Crippen molar-refractivity contribution in [3.05, 3.63) is 89.1 Å². The molecule has 6 nitrogen and oxygen atoms in total. The van der Waals surface area contributed by atoms with Crippen LogP contribution < -0.4 is 10.6 Å². The van der Waals surface area contributed by atoms with Gasteiger partial charge in [0.15, 0.2) is 0 Å². The molecule has 7 heteroatoms. The summed E-state index contributed by atoms with van der Waals surface area (Å²) < 4.78 is 18.7. The van der Waals surface area contributed by atoms with E-state index in [4.69, 9.17) is 4.42 Å². The van der Waals surface area contributed by atoms with Crippen LogP contribution in [0.3, 0.4) is 0 Å². The molecule has 1 unspecified atom stereocenters. The lowest BCUT2D eigenvalue weighted by molar-refractivity contribution is 0.0939. The number of hydrogen-bond acceptors (Lipinski definition) is 3. The summed E-state index contributed by atoms with van der Waals surface area (Å²) in [4.78, 5) is 26.5. The number of hydrogen-bond donors (Lipinski definition) is 2. The summed E-state index contributed by atoms with van der Waals surface area (Å²) in [5.41, 5.74) is 2.86. The van der Waals surface area contributed by atoms with Gasteiger partial charge in [0.2, 0.25) is 0 Å². The predicted molar refractivity (Wildman–Crippen MR) is 110 cm³/mol. The third kappa shape index (κ3) is 4.51. The third-order valence-electron chi connectivity index (χ3n) is 5.04. The van der Waals surface area contributed by atoms with Gasteiger partial charge >= 0.3 is 6.03 Å². The second-order valence-corrected chi connectivity index (χ2v) is 7.43. The van der Waals surface area contributed by atoms with Gasteiger partial charge in [-0.15, -0.1) is 0 Å². The Morgan fingerprint density at radius 3 is 2.60 bits per heavy atom. The zero-order valence-corrected chi connectivity index (χ0v) is 16.5. The van der Waals surface area contributed by atoms with Gasteiger partial charge in [-0.2, -0.15) is 0 Å². The molecule has 2 heterocycles. The van der Waals surface area contributed by atoms with Gasteiger partial charge in [-0.1, -0.05) is 6.07 Å². The number of benzene rings is 2. The highest BCUT2D eigenvalue weighted by atomic mass is 19.1. The molecule has 30 heavy (non-hydrogen) atoms. The molecule has 2 aromatic carbocycles. The molecule has 0 fully saturated rings. The Morgan fingerprint density at radius 2 is 1.87 bits per heavy atom. The summed E-state index contributed by atoms with van der Waals surface area (Å²) >= 11 is 0. The van der Waals surface area contributed by atoms with Crippen LogP contribution in [0.4, 0.5) is 14.9 Å². The molecule has 1 atom stereocenters. The summed E-state index contributed by atoms with van der Waals surface area (Å²) in [5.74, 6) is 0.319. The minimum Gasteiger partial charge on any atom is -0.469 e. The van der Waals surface area contributed by atoms with Crippen LogP contribution >= 0.6 is 0 Å². The molecule has 154 valence electrons. The van der Waals surface area contributed by atoms with Crippen molar-refractivity contribution in [1.82, 2.24) is 10.2 Å². The average molecular weight is 407 g/mol. The number of fused-ring (bicyclic) bond motifs is 1. The molecule has 1 aliphatic rings. The number of urea groups is 1. The number of nitrogens with zero attached hydrogens (tertiary/aromatic N) is 1.